The van der Waals surface area contributed by atoms with E-state index < -0.39 is 35.3 Å². The van der Waals surface area contributed by atoms with Crippen molar-refractivity contribution in [2.75, 3.05) is 20.3 Å². The van der Waals surface area contributed by atoms with Gasteiger partial charge in [0, 0.05) is 44.3 Å². The van der Waals surface area contributed by atoms with Crippen LogP contribution in [0.25, 0.3) is 0 Å². The number of rotatable bonds is 3. The van der Waals surface area contributed by atoms with E-state index in [9.17, 15) is 19.8 Å². The Morgan fingerprint density at radius 2 is 1.93 bits per heavy atom. The van der Waals surface area contributed by atoms with Crippen LogP contribution in [0.15, 0.2) is 23.3 Å². The summed E-state index contributed by atoms with van der Waals surface area (Å²) in [7, 11) is 1.56. The van der Waals surface area contributed by atoms with Gasteiger partial charge in [-0.25, -0.2) is 4.79 Å². The van der Waals surface area contributed by atoms with Crippen LogP contribution in [-0.2, 0) is 38.0 Å². The fourth-order valence-electron chi connectivity index (χ4n) is 10.2. The number of ether oxygens (including phenoxy) is 6. The van der Waals surface area contributed by atoms with Crippen molar-refractivity contribution in [1.82, 2.24) is 0 Å². The van der Waals surface area contributed by atoms with E-state index in [0.29, 0.717) is 25.9 Å². The molecule has 4 aliphatic carbocycles. The Hall–Kier alpha value is -1.82. The van der Waals surface area contributed by atoms with Crippen molar-refractivity contribution in [1.29, 1.82) is 0 Å². The second kappa shape index (κ2) is 9.34. The number of esters is 2. The highest BCUT2D eigenvalue weighted by molar-refractivity contribution is 5.85. The monoisotopic (exact) mass is 574 g/mol. The first kappa shape index (κ1) is 28.0. The third-order valence-electron chi connectivity index (χ3n) is 12.0. The number of hydrogen-bond donors (Lipinski definition) is 2. The topological polar surface area (TPSA) is 130 Å². The number of cyclic esters (lactones) is 1. The third kappa shape index (κ3) is 3.83. The van der Waals surface area contributed by atoms with Gasteiger partial charge in [0.15, 0.2) is 0 Å². The lowest BCUT2D eigenvalue weighted by Crippen LogP contribution is -2.68. The lowest BCUT2D eigenvalue weighted by molar-refractivity contribution is -0.442. The first-order chi connectivity index (χ1) is 19.4. The maximum Gasteiger partial charge on any atom is 0.331 e. The molecule has 12 atom stereocenters. The molecule has 3 aliphatic heterocycles. The molecule has 226 valence electrons. The van der Waals surface area contributed by atoms with E-state index in [0.717, 1.165) is 31.3 Å². The Labute approximate surface area is 240 Å². The fraction of sp³-hybridized carbons (Fsp3) is 0.806. The Bertz CT molecular complexity index is 1200. The van der Waals surface area contributed by atoms with Gasteiger partial charge in [0.1, 0.15) is 24.9 Å². The molecule has 2 saturated heterocycles. The van der Waals surface area contributed by atoms with Crippen LogP contribution in [0.1, 0.15) is 65.7 Å². The molecule has 0 bridgehead atoms. The first-order valence-electron chi connectivity index (χ1n) is 15.1. The van der Waals surface area contributed by atoms with Gasteiger partial charge in [0.05, 0.1) is 18.3 Å². The zero-order valence-electron chi connectivity index (χ0n) is 24.3. The zero-order valence-corrected chi connectivity index (χ0v) is 24.3. The van der Waals surface area contributed by atoms with E-state index in [1.165, 1.54) is 18.6 Å². The molecule has 5 fully saturated rings. The number of carbonyl (C=O) groups is 2. The van der Waals surface area contributed by atoms with Crippen LogP contribution in [-0.4, -0.2) is 84.6 Å². The molecule has 41 heavy (non-hydrogen) atoms. The summed E-state index contributed by atoms with van der Waals surface area (Å²) in [6.45, 7) is 6.36. The lowest BCUT2D eigenvalue weighted by Gasteiger charge is -2.63. The van der Waals surface area contributed by atoms with Gasteiger partial charge >= 0.3 is 11.9 Å². The first-order valence-corrected chi connectivity index (χ1v) is 15.1. The van der Waals surface area contributed by atoms with Crippen LogP contribution < -0.4 is 0 Å². The van der Waals surface area contributed by atoms with Gasteiger partial charge in [0.25, 0.3) is 0 Å². The highest BCUT2D eigenvalue weighted by atomic mass is 16.8. The van der Waals surface area contributed by atoms with Crippen LogP contribution in [0.5, 0.6) is 0 Å². The van der Waals surface area contributed by atoms with Gasteiger partial charge < -0.3 is 38.6 Å². The summed E-state index contributed by atoms with van der Waals surface area (Å²) in [6.07, 6.45) is 5.69. The lowest BCUT2D eigenvalue weighted by atomic mass is 9.45. The van der Waals surface area contributed by atoms with Gasteiger partial charge in [-0.05, 0) is 54.9 Å². The van der Waals surface area contributed by atoms with E-state index in [4.69, 9.17) is 28.4 Å². The van der Waals surface area contributed by atoms with Crippen molar-refractivity contribution in [3.8, 4) is 0 Å². The standard InChI is InChI=1S/C31H42O10/c1-16(32)39-23-14-30(34)20-6-5-18-12-21-22(41-31(35)24(36-4)8-10-37-27(31)40-21)13-28(18,2)19(20)7-9-29(30,3)26(23)17-11-25(33)38-15-17/h11-12,19-24,26-27,34-35H,5-10,13-15H2,1-4H3/t19-,20+,21+,22+,23-,24+,26-,27-,28-,29+,30-,31-/m0/s1. The number of aliphatic hydroxyl groups is 2. The maximum atomic E-state index is 12.8. The molecule has 2 N–H and O–H groups in total. The minimum Gasteiger partial charge on any atom is -0.462 e. The smallest absolute Gasteiger partial charge is 0.331 e. The van der Waals surface area contributed by atoms with Crippen LogP contribution in [0.4, 0.5) is 0 Å². The van der Waals surface area contributed by atoms with E-state index in [1.54, 1.807) is 7.11 Å². The molecule has 0 unspecified atom stereocenters. The summed E-state index contributed by atoms with van der Waals surface area (Å²) < 4.78 is 35.2. The van der Waals surface area contributed by atoms with E-state index in [2.05, 4.69) is 19.9 Å². The fourth-order valence-corrected chi connectivity index (χ4v) is 10.2. The SMILES string of the molecule is CO[C@@H]1CCO[C@H]2O[C@@H]3C=C4CC[C@@H]5[C@H](CC[C@]6(C)[C@@H](C7=CC(=O)OC7)[C@@H](OC(C)=O)C[C@]56O)[C@@]4(C)C[C@H]3O[C@]21O. The maximum absolute atomic E-state index is 12.8. The van der Waals surface area contributed by atoms with Crippen molar-refractivity contribution in [3.05, 3.63) is 23.3 Å². The van der Waals surface area contributed by atoms with Gasteiger partial charge in [0.2, 0.25) is 12.1 Å². The normalized spacial score (nSPS) is 52.1. The Morgan fingerprint density at radius 1 is 1.12 bits per heavy atom. The summed E-state index contributed by atoms with van der Waals surface area (Å²) in [4.78, 5) is 24.2. The van der Waals surface area contributed by atoms with Gasteiger partial charge in [-0.3, -0.25) is 4.79 Å². The largest absolute Gasteiger partial charge is 0.462 e. The van der Waals surface area contributed by atoms with Crippen LogP contribution in [0.3, 0.4) is 0 Å². The average Bonchev–Trinajstić information content (AvgIpc) is 3.42. The molecule has 0 spiro atoms. The number of fused-ring (bicyclic) bond motifs is 7. The van der Waals surface area contributed by atoms with Crippen molar-refractivity contribution in [2.45, 2.75) is 108 Å². The number of hydrogen-bond acceptors (Lipinski definition) is 10. The summed E-state index contributed by atoms with van der Waals surface area (Å²) in [6, 6.07) is 0. The second-order valence-corrected chi connectivity index (χ2v) is 13.8. The molecule has 0 aromatic heterocycles. The number of carbonyl (C=O) groups excluding carboxylic acids is 2. The average molecular weight is 575 g/mol. The van der Waals surface area contributed by atoms with Crippen molar-refractivity contribution >= 4 is 11.9 Å². The van der Waals surface area contributed by atoms with Crippen molar-refractivity contribution in [3.63, 3.8) is 0 Å². The molecule has 0 radical (unpaired) electrons. The summed E-state index contributed by atoms with van der Waals surface area (Å²) >= 11 is 0. The van der Waals surface area contributed by atoms with Gasteiger partial charge in [-0.2, -0.15) is 0 Å². The van der Waals surface area contributed by atoms with Gasteiger partial charge in [-0.1, -0.05) is 25.5 Å². The Kier molecular flexibility index (Phi) is 6.37. The molecule has 0 aromatic rings. The zero-order chi connectivity index (χ0) is 28.9. The second-order valence-electron chi connectivity index (χ2n) is 13.8. The number of allylic oxidation sites excluding steroid dienone is 1. The Balaban J connectivity index is 1.21. The van der Waals surface area contributed by atoms with Crippen molar-refractivity contribution in [2.24, 2.45) is 28.6 Å². The molecular formula is C31H42O10. The van der Waals surface area contributed by atoms with E-state index in [-0.39, 0.29) is 53.9 Å². The van der Waals surface area contributed by atoms with Crippen molar-refractivity contribution < 1.29 is 48.2 Å². The predicted octanol–water partition coefficient (Wildman–Crippen LogP) is 2.55. The highest BCUT2D eigenvalue weighted by Crippen LogP contribution is 2.70. The molecule has 0 amide bonds. The Morgan fingerprint density at radius 3 is 2.63 bits per heavy atom. The van der Waals surface area contributed by atoms with Crippen LogP contribution in [0.2, 0.25) is 0 Å². The minimum absolute atomic E-state index is 0.0355. The van der Waals surface area contributed by atoms with E-state index >= 15 is 0 Å². The van der Waals surface area contributed by atoms with Crippen LogP contribution >= 0.6 is 0 Å². The molecule has 3 saturated carbocycles. The summed E-state index contributed by atoms with van der Waals surface area (Å²) in [5.74, 6) is -2.62. The molecule has 10 nitrogen and oxygen atoms in total. The quantitative estimate of drug-likeness (QED) is 0.383. The molecule has 7 aliphatic rings. The summed E-state index contributed by atoms with van der Waals surface area (Å²) in [5.41, 5.74) is 0.167. The molecular weight excluding hydrogens is 532 g/mol. The minimum atomic E-state index is -1.68. The number of methoxy groups -OCH3 is 1. The van der Waals surface area contributed by atoms with Gasteiger partial charge in [-0.15, -0.1) is 0 Å². The molecule has 3 heterocycles. The molecule has 10 heteroatoms. The van der Waals surface area contributed by atoms with E-state index in [1.807, 2.05) is 0 Å². The summed E-state index contributed by atoms with van der Waals surface area (Å²) in [5, 5.41) is 24.3. The molecule has 7 rings (SSSR count). The van der Waals surface area contributed by atoms with Crippen LogP contribution in [0, 0.1) is 28.6 Å². The third-order valence-corrected chi connectivity index (χ3v) is 12.0. The highest BCUT2D eigenvalue weighted by Gasteiger charge is 2.71. The predicted molar refractivity (Wildman–Crippen MR) is 142 cm³/mol. The molecule has 0 aromatic carbocycles.